The van der Waals surface area contributed by atoms with Crippen LogP contribution in [0.4, 0.5) is 4.79 Å². The third-order valence-corrected chi connectivity index (χ3v) is 4.64. The van der Waals surface area contributed by atoms with Crippen LogP contribution in [-0.4, -0.2) is 45.0 Å². The monoisotopic (exact) mass is 395 g/mol. The van der Waals surface area contributed by atoms with Crippen LogP contribution >= 0.6 is 0 Å². The van der Waals surface area contributed by atoms with Crippen LogP contribution in [0.1, 0.15) is 40.1 Å². The zero-order valence-electron chi connectivity index (χ0n) is 16.0. The molecule has 1 atom stereocenters. The van der Waals surface area contributed by atoms with Crippen molar-refractivity contribution in [1.82, 2.24) is 15.3 Å². The van der Waals surface area contributed by atoms with E-state index in [0.717, 1.165) is 10.0 Å². The molecule has 0 spiro atoms. The lowest BCUT2D eigenvalue weighted by molar-refractivity contribution is -0.140. The molecule has 1 heterocycles. The summed E-state index contributed by atoms with van der Waals surface area (Å²) in [5, 5.41) is 13.5. The summed E-state index contributed by atoms with van der Waals surface area (Å²) < 4.78 is 0. The van der Waals surface area contributed by atoms with Crippen molar-refractivity contribution in [3.63, 3.8) is 0 Å². The second kappa shape index (κ2) is 8.14. The molecule has 0 aromatic heterocycles. The number of carbonyl (C=O) groups excluding carboxylic acids is 3. The smallest absolute Gasteiger partial charge is 0.337 e. The molecule has 0 bridgehead atoms. The standard InChI is InChI=1S/C21H21N3O5/c1-13(2)17(20(27)28)22-21(29)23(12-14-8-4-3-5-9-14)24-18(25)15-10-6-7-11-16(15)19(24)26/h3-11,13,17H,12H2,1-2H3,(H,22,29)(H,27,28)/t17-/m0/s1. The number of hydrogen-bond acceptors (Lipinski definition) is 4. The van der Waals surface area contributed by atoms with Crippen molar-refractivity contribution in [2.45, 2.75) is 26.4 Å². The van der Waals surface area contributed by atoms with Gasteiger partial charge in [0.15, 0.2) is 0 Å². The van der Waals surface area contributed by atoms with Crippen molar-refractivity contribution in [1.29, 1.82) is 0 Å². The van der Waals surface area contributed by atoms with Gasteiger partial charge in [-0.3, -0.25) is 9.59 Å². The van der Waals surface area contributed by atoms with E-state index >= 15 is 0 Å². The third kappa shape index (κ3) is 3.96. The highest BCUT2D eigenvalue weighted by Crippen LogP contribution is 2.25. The van der Waals surface area contributed by atoms with Crippen molar-refractivity contribution in [3.8, 4) is 0 Å². The van der Waals surface area contributed by atoms with E-state index in [2.05, 4.69) is 5.32 Å². The molecule has 0 unspecified atom stereocenters. The molecule has 1 aliphatic rings. The second-order valence-corrected chi connectivity index (χ2v) is 7.02. The molecule has 2 aromatic rings. The molecule has 3 rings (SSSR count). The predicted octanol–water partition coefficient (Wildman–Crippen LogP) is 2.52. The Morgan fingerprint density at radius 1 is 0.966 bits per heavy atom. The fourth-order valence-corrected chi connectivity index (χ4v) is 3.11. The molecule has 150 valence electrons. The summed E-state index contributed by atoms with van der Waals surface area (Å²) in [7, 11) is 0. The number of carboxylic acids is 1. The molecule has 0 saturated heterocycles. The highest BCUT2D eigenvalue weighted by Gasteiger charge is 2.42. The van der Waals surface area contributed by atoms with Crippen LogP contribution in [0.3, 0.4) is 0 Å². The molecule has 8 nitrogen and oxygen atoms in total. The maximum Gasteiger partial charge on any atom is 0.337 e. The number of aliphatic carboxylic acids is 1. The summed E-state index contributed by atoms with van der Waals surface area (Å²) in [6.07, 6.45) is 0. The van der Waals surface area contributed by atoms with Gasteiger partial charge < -0.3 is 10.4 Å². The Hall–Kier alpha value is -3.68. The highest BCUT2D eigenvalue weighted by atomic mass is 16.4. The Balaban J connectivity index is 1.96. The van der Waals surface area contributed by atoms with E-state index in [0.29, 0.717) is 5.56 Å². The fraction of sp³-hybridized carbons (Fsp3) is 0.238. The Morgan fingerprint density at radius 3 is 1.97 bits per heavy atom. The SMILES string of the molecule is CC(C)[C@H](NC(=O)N(Cc1ccccc1)N1C(=O)c2ccccc2C1=O)C(=O)O. The van der Waals surface area contributed by atoms with Crippen molar-refractivity contribution >= 4 is 23.8 Å². The summed E-state index contributed by atoms with van der Waals surface area (Å²) >= 11 is 0. The van der Waals surface area contributed by atoms with E-state index < -0.39 is 35.8 Å². The molecule has 1 aliphatic heterocycles. The quantitative estimate of drug-likeness (QED) is 0.731. The Morgan fingerprint density at radius 2 is 1.48 bits per heavy atom. The summed E-state index contributed by atoms with van der Waals surface area (Å²) in [5.41, 5.74) is 1.07. The van der Waals surface area contributed by atoms with Gasteiger partial charge in [0.2, 0.25) is 0 Å². The number of hydrogen-bond donors (Lipinski definition) is 2. The van der Waals surface area contributed by atoms with Crippen molar-refractivity contribution in [3.05, 3.63) is 71.3 Å². The first-order chi connectivity index (χ1) is 13.8. The van der Waals surface area contributed by atoms with Crippen LogP contribution in [0, 0.1) is 5.92 Å². The van der Waals surface area contributed by atoms with Gasteiger partial charge in [-0.15, -0.1) is 0 Å². The van der Waals surface area contributed by atoms with Crippen LogP contribution in [0.2, 0.25) is 0 Å². The van der Waals surface area contributed by atoms with Gasteiger partial charge in [0.05, 0.1) is 17.7 Å². The summed E-state index contributed by atoms with van der Waals surface area (Å²) in [5.74, 6) is -2.85. The zero-order valence-corrected chi connectivity index (χ0v) is 16.0. The highest BCUT2D eigenvalue weighted by molar-refractivity contribution is 6.21. The molecule has 0 radical (unpaired) electrons. The fourth-order valence-electron chi connectivity index (χ4n) is 3.11. The molecule has 29 heavy (non-hydrogen) atoms. The largest absolute Gasteiger partial charge is 0.480 e. The van der Waals surface area contributed by atoms with Crippen LogP contribution in [0.15, 0.2) is 54.6 Å². The first kappa shape index (κ1) is 20.1. The molecular formula is C21H21N3O5. The van der Waals surface area contributed by atoms with Crippen molar-refractivity contribution < 1.29 is 24.3 Å². The predicted molar refractivity (Wildman–Crippen MR) is 104 cm³/mol. The number of fused-ring (bicyclic) bond motifs is 1. The molecule has 0 aliphatic carbocycles. The van der Waals surface area contributed by atoms with Crippen LogP contribution in [0.25, 0.3) is 0 Å². The number of imide groups is 1. The topological polar surface area (TPSA) is 107 Å². The molecule has 2 N–H and O–H groups in total. The van der Waals surface area contributed by atoms with Gasteiger partial charge in [-0.25, -0.2) is 14.6 Å². The molecule has 8 heteroatoms. The lowest BCUT2D eigenvalue weighted by Crippen LogP contribution is -2.56. The number of carboxylic acid groups (broad SMARTS) is 1. The molecule has 2 aromatic carbocycles. The number of amides is 4. The minimum absolute atomic E-state index is 0.0808. The maximum absolute atomic E-state index is 13.0. The lowest BCUT2D eigenvalue weighted by atomic mass is 10.1. The van der Waals surface area contributed by atoms with Gasteiger partial charge in [-0.05, 0) is 23.6 Å². The van der Waals surface area contributed by atoms with Crippen LogP contribution in [0.5, 0.6) is 0 Å². The molecule has 4 amide bonds. The van der Waals surface area contributed by atoms with Gasteiger partial charge in [-0.1, -0.05) is 56.3 Å². The average molecular weight is 395 g/mol. The number of nitrogens with one attached hydrogen (secondary N) is 1. The van der Waals surface area contributed by atoms with Gasteiger partial charge in [0.1, 0.15) is 6.04 Å². The lowest BCUT2D eigenvalue weighted by Gasteiger charge is -2.31. The number of benzene rings is 2. The summed E-state index contributed by atoms with van der Waals surface area (Å²) in [6.45, 7) is 3.23. The van der Waals surface area contributed by atoms with Crippen LogP contribution in [-0.2, 0) is 11.3 Å². The third-order valence-electron chi connectivity index (χ3n) is 4.64. The number of rotatable bonds is 6. The number of hydrazine groups is 1. The maximum atomic E-state index is 13.0. The van der Waals surface area contributed by atoms with Crippen LogP contribution < -0.4 is 5.32 Å². The Labute approximate surface area is 167 Å². The van der Waals surface area contributed by atoms with E-state index in [-0.39, 0.29) is 17.7 Å². The minimum Gasteiger partial charge on any atom is -0.480 e. The first-order valence-electron chi connectivity index (χ1n) is 9.13. The van der Waals surface area contributed by atoms with E-state index in [1.165, 1.54) is 12.1 Å². The van der Waals surface area contributed by atoms with Gasteiger partial charge in [-0.2, -0.15) is 5.01 Å². The zero-order chi connectivity index (χ0) is 21.1. The number of nitrogens with zero attached hydrogens (tertiary/aromatic N) is 2. The van der Waals surface area contributed by atoms with Crippen molar-refractivity contribution in [2.24, 2.45) is 5.92 Å². The molecular weight excluding hydrogens is 374 g/mol. The normalized spacial score (nSPS) is 14.0. The van der Waals surface area contributed by atoms with Gasteiger partial charge in [0, 0.05) is 0 Å². The number of urea groups is 1. The molecule has 0 saturated carbocycles. The van der Waals surface area contributed by atoms with E-state index in [1.54, 1.807) is 56.3 Å². The first-order valence-corrected chi connectivity index (χ1v) is 9.13. The Kier molecular flexibility index (Phi) is 5.63. The summed E-state index contributed by atoms with van der Waals surface area (Å²) in [6, 6.07) is 13.1. The Bertz CT molecular complexity index is 923. The second-order valence-electron chi connectivity index (χ2n) is 7.02. The number of carbonyl (C=O) groups is 4. The molecule has 0 fully saturated rings. The van der Waals surface area contributed by atoms with Gasteiger partial charge in [0.25, 0.3) is 11.8 Å². The van der Waals surface area contributed by atoms with E-state index in [1.807, 2.05) is 0 Å². The van der Waals surface area contributed by atoms with E-state index in [4.69, 9.17) is 0 Å². The average Bonchev–Trinajstić information content (AvgIpc) is 2.95. The minimum atomic E-state index is -1.20. The van der Waals surface area contributed by atoms with Gasteiger partial charge >= 0.3 is 12.0 Å². The summed E-state index contributed by atoms with van der Waals surface area (Å²) in [4.78, 5) is 50.2. The van der Waals surface area contributed by atoms with E-state index in [9.17, 15) is 24.3 Å². The van der Waals surface area contributed by atoms with Crippen molar-refractivity contribution in [2.75, 3.05) is 0 Å².